The predicted molar refractivity (Wildman–Crippen MR) is 80.4 cm³/mol. The number of hydrogen-bond acceptors (Lipinski definition) is 3. The Morgan fingerprint density at radius 3 is 2.86 bits per heavy atom. The fourth-order valence-electron chi connectivity index (χ4n) is 2.53. The Hall–Kier alpha value is -0.950. The number of hydrogen-bond donors (Lipinski definition) is 1. The highest BCUT2D eigenvalue weighted by Crippen LogP contribution is 2.18. The van der Waals surface area contributed by atoms with Gasteiger partial charge >= 0.3 is 0 Å². The molecule has 0 unspecified atom stereocenters. The van der Waals surface area contributed by atoms with Gasteiger partial charge in [0.25, 0.3) is 0 Å². The van der Waals surface area contributed by atoms with E-state index in [0.29, 0.717) is 13.0 Å². The number of alkyl halides is 1. The molecule has 0 saturated carbocycles. The number of nitrogens with one attached hydrogen (secondary N) is 1. The van der Waals surface area contributed by atoms with Crippen molar-refractivity contribution in [3.8, 4) is 0 Å². The summed E-state index contributed by atoms with van der Waals surface area (Å²) in [4.78, 5) is 4.53. The van der Waals surface area contributed by atoms with Crippen LogP contribution in [0.1, 0.15) is 38.2 Å². The van der Waals surface area contributed by atoms with Gasteiger partial charge in [-0.05, 0) is 12.8 Å². The molecule has 1 aromatic heterocycles. The SMILES string of the molecule is CC(C)(CF)CS(=O)(=O)NCCc1cn2c(n1)CCCC2. The number of fused-ring (bicyclic) bond motifs is 1. The van der Waals surface area contributed by atoms with Crippen LogP contribution in [0.5, 0.6) is 0 Å². The molecule has 120 valence electrons. The Bertz CT molecular complexity index is 558. The molecule has 0 aliphatic carbocycles. The summed E-state index contributed by atoms with van der Waals surface area (Å²) in [5.41, 5.74) is 0.0682. The highest BCUT2D eigenvalue weighted by Gasteiger charge is 2.26. The van der Waals surface area contributed by atoms with Gasteiger partial charge in [0.05, 0.1) is 18.1 Å². The summed E-state index contributed by atoms with van der Waals surface area (Å²) in [6, 6.07) is 0. The van der Waals surface area contributed by atoms with Crippen LogP contribution in [0.15, 0.2) is 6.20 Å². The fraction of sp³-hybridized carbons (Fsp3) is 0.786. The molecule has 0 bridgehead atoms. The summed E-state index contributed by atoms with van der Waals surface area (Å²) < 4.78 is 41.2. The second-order valence-corrected chi connectivity index (χ2v) is 8.31. The van der Waals surface area contributed by atoms with Crippen molar-refractivity contribution in [3.05, 3.63) is 17.7 Å². The number of sulfonamides is 1. The molecule has 1 aliphatic rings. The fourth-order valence-corrected chi connectivity index (χ4v) is 4.15. The Kier molecular flexibility index (Phi) is 5.03. The minimum atomic E-state index is -3.45. The third-order valence-electron chi connectivity index (χ3n) is 3.60. The standard InChI is InChI=1S/C14H24FN3O2S/c1-14(2,10-15)11-21(19,20)16-7-6-12-9-18-8-4-3-5-13(18)17-12/h9,16H,3-8,10-11H2,1-2H3. The zero-order valence-electron chi connectivity index (χ0n) is 12.7. The topological polar surface area (TPSA) is 64.0 Å². The maximum Gasteiger partial charge on any atom is 0.212 e. The Morgan fingerprint density at radius 2 is 2.19 bits per heavy atom. The van der Waals surface area contributed by atoms with E-state index in [1.54, 1.807) is 13.8 Å². The summed E-state index contributed by atoms with van der Waals surface area (Å²) >= 11 is 0. The molecule has 1 aromatic rings. The first-order valence-corrected chi connectivity index (χ1v) is 9.05. The third-order valence-corrected chi connectivity index (χ3v) is 5.41. The van der Waals surface area contributed by atoms with Gasteiger partial charge in [-0.2, -0.15) is 0 Å². The van der Waals surface area contributed by atoms with Crippen LogP contribution in [0.3, 0.4) is 0 Å². The molecule has 1 N–H and O–H groups in total. The van der Waals surface area contributed by atoms with Crippen molar-refractivity contribution in [1.82, 2.24) is 14.3 Å². The molecule has 5 nitrogen and oxygen atoms in total. The monoisotopic (exact) mass is 317 g/mol. The lowest BCUT2D eigenvalue weighted by molar-refractivity contribution is 0.286. The molecule has 7 heteroatoms. The van der Waals surface area contributed by atoms with E-state index in [1.807, 2.05) is 6.20 Å². The van der Waals surface area contributed by atoms with Gasteiger partial charge in [0.1, 0.15) is 5.82 Å². The molecule has 0 radical (unpaired) electrons. The minimum absolute atomic E-state index is 0.198. The lowest BCUT2D eigenvalue weighted by Gasteiger charge is -2.20. The van der Waals surface area contributed by atoms with Gasteiger partial charge in [-0.1, -0.05) is 13.8 Å². The molecule has 1 aliphatic heterocycles. The maximum absolute atomic E-state index is 12.7. The van der Waals surface area contributed by atoms with Crippen LogP contribution < -0.4 is 4.72 Å². The van der Waals surface area contributed by atoms with Crippen LogP contribution in [-0.2, 0) is 29.4 Å². The molecule has 0 amide bonds. The largest absolute Gasteiger partial charge is 0.335 e. The normalized spacial score (nSPS) is 16.0. The van der Waals surface area contributed by atoms with Gasteiger partial charge < -0.3 is 4.57 Å². The molecular weight excluding hydrogens is 293 g/mol. The van der Waals surface area contributed by atoms with Crippen molar-refractivity contribution in [1.29, 1.82) is 0 Å². The zero-order chi connectivity index (χ0) is 15.5. The van der Waals surface area contributed by atoms with Crippen molar-refractivity contribution in [2.75, 3.05) is 19.0 Å². The predicted octanol–water partition coefficient (Wildman–Crippen LogP) is 1.68. The first-order valence-electron chi connectivity index (χ1n) is 7.40. The molecule has 2 rings (SSSR count). The Labute approximate surface area is 126 Å². The number of imidazole rings is 1. The average Bonchev–Trinajstić information content (AvgIpc) is 2.79. The molecule has 0 aromatic carbocycles. The molecule has 0 atom stereocenters. The van der Waals surface area contributed by atoms with Gasteiger partial charge in [0.2, 0.25) is 10.0 Å². The molecular formula is C14H24FN3O2S. The van der Waals surface area contributed by atoms with E-state index in [4.69, 9.17) is 0 Å². The second-order valence-electron chi connectivity index (χ2n) is 6.50. The maximum atomic E-state index is 12.7. The van der Waals surface area contributed by atoms with Crippen LogP contribution in [-0.4, -0.2) is 36.9 Å². The van der Waals surface area contributed by atoms with E-state index in [2.05, 4.69) is 14.3 Å². The van der Waals surface area contributed by atoms with Gasteiger partial charge in [-0.25, -0.2) is 18.1 Å². The van der Waals surface area contributed by atoms with Crippen molar-refractivity contribution < 1.29 is 12.8 Å². The summed E-state index contributed by atoms with van der Waals surface area (Å²) in [7, 11) is -3.45. The highest BCUT2D eigenvalue weighted by atomic mass is 32.2. The lowest BCUT2D eigenvalue weighted by atomic mass is 9.99. The van der Waals surface area contributed by atoms with E-state index >= 15 is 0 Å². The number of nitrogens with zero attached hydrogens (tertiary/aromatic N) is 2. The summed E-state index contributed by atoms with van der Waals surface area (Å²) in [5.74, 6) is 0.897. The molecule has 2 heterocycles. The Balaban J connectivity index is 1.85. The minimum Gasteiger partial charge on any atom is -0.335 e. The quantitative estimate of drug-likeness (QED) is 0.832. The molecule has 21 heavy (non-hydrogen) atoms. The van der Waals surface area contributed by atoms with Crippen molar-refractivity contribution in [2.24, 2.45) is 5.41 Å². The zero-order valence-corrected chi connectivity index (χ0v) is 13.5. The number of aromatic nitrogens is 2. The summed E-state index contributed by atoms with van der Waals surface area (Å²) in [5, 5.41) is 0. The van der Waals surface area contributed by atoms with Crippen LogP contribution in [0.4, 0.5) is 4.39 Å². The van der Waals surface area contributed by atoms with Gasteiger partial charge in [-0.3, -0.25) is 4.39 Å². The van der Waals surface area contributed by atoms with Gasteiger partial charge in [0.15, 0.2) is 0 Å². The first-order chi connectivity index (χ1) is 9.81. The van der Waals surface area contributed by atoms with Crippen molar-refractivity contribution >= 4 is 10.0 Å². The lowest BCUT2D eigenvalue weighted by Crippen LogP contribution is -2.35. The first kappa shape index (κ1) is 16.4. The van der Waals surface area contributed by atoms with Crippen LogP contribution in [0.25, 0.3) is 0 Å². The average molecular weight is 317 g/mol. The van der Waals surface area contributed by atoms with Crippen LogP contribution >= 0.6 is 0 Å². The van der Waals surface area contributed by atoms with Crippen molar-refractivity contribution in [3.63, 3.8) is 0 Å². The summed E-state index contributed by atoms with van der Waals surface area (Å²) in [6.07, 6.45) is 5.91. The molecule has 0 saturated heterocycles. The number of halogens is 1. The smallest absolute Gasteiger partial charge is 0.212 e. The van der Waals surface area contributed by atoms with E-state index < -0.39 is 22.1 Å². The van der Waals surface area contributed by atoms with E-state index in [-0.39, 0.29) is 5.75 Å². The van der Waals surface area contributed by atoms with Crippen molar-refractivity contribution in [2.45, 2.75) is 46.1 Å². The van der Waals surface area contributed by atoms with Gasteiger partial charge in [0, 0.05) is 37.5 Å². The second kappa shape index (κ2) is 6.44. The van der Waals surface area contributed by atoms with Gasteiger partial charge in [-0.15, -0.1) is 0 Å². The number of rotatable bonds is 7. The van der Waals surface area contributed by atoms with Crippen LogP contribution in [0.2, 0.25) is 0 Å². The van der Waals surface area contributed by atoms with E-state index in [0.717, 1.165) is 24.5 Å². The molecule has 0 spiro atoms. The Morgan fingerprint density at radius 1 is 1.43 bits per heavy atom. The van der Waals surface area contributed by atoms with E-state index in [1.165, 1.54) is 12.8 Å². The molecule has 0 fully saturated rings. The number of aryl methyl sites for hydroxylation is 2. The highest BCUT2D eigenvalue weighted by molar-refractivity contribution is 7.89. The summed E-state index contributed by atoms with van der Waals surface area (Å²) in [6.45, 7) is 3.87. The van der Waals surface area contributed by atoms with E-state index in [9.17, 15) is 12.8 Å². The third kappa shape index (κ3) is 4.78. The van der Waals surface area contributed by atoms with Crippen LogP contribution in [0, 0.1) is 5.41 Å².